The molecule has 0 aliphatic rings. The molecule has 0 aliphatic heterocycles. The summed E-state index contributed by atoms with van der Waals surface area (Å²) >= 11 is 0. The summed E-state index contributed by atoms with van der Waals surface area (Å²) in [6, 6.07) is 11.6. The van der Waals surface area contributed by atoms with Crippen molar-refractivity contribution >= 4 is 20.7 Å². The normalized spacial score (nSPS) is 12.0. The average molecular weight is 314 g/mol. The molecular formula is C17H18N2O2S. The minimum Gasteiger partial charge on any atom is -0.268 e. The molecule has 4 nitrogen and oxygen atoms in total. The molecule has 22 heavy (non-hydrogen) atoms. The zero-order valence-electron chi connectivity index (χ0n) is 13.1. The Morgan fingerprint density at radius 3 is 2.45 bits per heavy atom. The first-order chi connectivity index (χ1) is 10.3. The van der Waals surface area contributed by atoms with Crippen molar-refractivity contribution in [3.63, 3.8) is 0 Å². The zero-order chi connectivity index (χ0) is 16.1. The maximum absolute atomic E-state index is 11.8. The van der Waals surface area contributed by atoms with E-state index in [1.807, 2.05) is 55.9 Å². The van der Waals surface area contributed by atoms with Gasteiger partial charge >= 0.3 is 0 Å². The van der Waals surface area contributed by atoms with E-state index >= 15 is 0 Å². The lowest BCUT2D eigenvalue weighted by Crippen LogP contribution is -2.00. The summed E-state index contributed by atoms with van der Waals surface area (Å²) in [6.45, 7) is 3.82. The van der Waals surface area contributed by atoms with Crippen LogP contribution in [0.4, 0.5) is 0 Å². The molecule has 1 heterocycles. The van der Waals surface area contributed by atoms with E-state index in [2.05, 4.69) is 5.10 Å². The molecular weight excluding hydrogens is 296 g/mol. The van der Waals surface area contributed by atoms with Gasteiger partial charge < -0.3 is 0 Å². The quantitative estimate of drug-likeness (QED) is 0.729. The van der Waals surface area contributed by atoms with Gasteiger partial charge in [-0.25, -0.2) is 8.42 Å². The van der Waals surface area contributed by atoms with Crippen LogP contribution in [0.1, 0.15) is 11.3 Å². The number of aryl methyl sites for hydroxylation is 3. The van der Waals surface area contributed by atoms with Gasteiger partial charge in [-0.1, -0.05) is 24.3 Å². The van der Waals surface area contributed by atoms with Gasteiger partial charge in [-0.05, 0) is 42.7 Å². The lowest BCUT2D eigenvalue weighted by Gasteiger charge is -2.09. The molecule has 0 radical (unpaired) electrons. The number of benzene rings is 2. The van der Waals surface area contributed by atoms with E-state index in [-0.39, 0.29) is 0 Å². The molecule has 0 atom stereocenters. The largest absolute Gasteiger partial charge is 0.268 e. The van der Waals surface area contributed by atoms with E-state index in [9.17, 15) is 8.42 Å². The molecule has 0 fully saturated rings. The Kier molecular flexibility index (Phi) is 3.33. The van der Waals surface area contributed by atoms with Gasteiger partial charge in [-0.15, -0.1) is 0 Å². The second-order valence-corrected chi connectivity index (χ2v) is 7.65. The second-order valence-electron chi connectivity index (χ2n) is 5.66. The number of rotatable bonds is 2. The first kappa shape index (κ1) is 14.8. The van der Waals surface area contributed by atoms with Gasteiger partial charge in [0.05, 0.1) is 16.1 Å². The highest BCUT2D eigenvalue weighted by Crippen LogP contribution is 2.32. The van der Waals surface area contributed by atoms with Crippen LogP contribution >= 0.6 is 0 Å². The fraction of sp³-hybridized carbons (Fsp3) is 0.235. The molecule has 0 unspecified atom stereocenters. The topological polar surface area (TPSA) is 52.0 Å². The SMILES string of the molecule is Cc1cc(-c2cccc3c2c(C)nn3C)ccc1S(C)(=O)=O. The Hall–Kier alpha value is -2.14. The third-order valence-corrected chi connectivity index (χ3v) is 5.20. The predicted octanol–water partition coefficient (Wildman–Crippen LogP) is 3.26. The van der Waals surface area contributed by atoms with Gasteiger partial charge in [0.15, 0.2) is 9.84 Å². The van der Waals surface area contributed by atoms with E-state index in [1.54, 1.807) is 6.07 Å². The van der Waals surface area contributed by atoms with Crippen LogP contribution in [-0.2, 0) is 16.9 Å². The van der Waals surface area contributed by atoms with E-state index in [0.717, 1.165) is 33.3 Å². The Balaban J connectivity index is 2.27. The molecule has 0 N–H and O–H groups in total. The number of sulfone groups is 1. The van der Waals surface area contributed by atoms with Gasteiger partial charge in [-0.2, -0.15) is 5.10 Å². The van der Waals surface area contributed by atoms with Gasteiger partial charge in [0, 0.05) is 18.7 Å². The number of hydrogen-bond acceptors (Lipinski definition) is 3. The van der Waals surface area contributed by atoms with E-state index in [1.165, 1.54) is 6.26 Å². The van der Waals surface area contributed by atoms with Crippen LogP contribution in [0.2, 0.25) is 0 Å². The lowest BCUT2D eigenvalue weighted by molar-refractivity contribution is 0.601. The summed E-state index contributed by atoms with van der Waals surface area (Å²) in [5.74, 6) is 0. The minimum absolute atomic E-state index is 0.381. The molecule has 0 spiro atoms. The van der Waals surface area contributed by atoms with Crippen molar-refractivity contribution in [2.75, 3.05) is 6.26 Å². The van der Waals surface area contributed by atoms with Crippen molar-refractivity contribution in [2.45, 2.75) is 18.7 Å². The Labute approximate surface area is 130 Å². The van der Waals surface area contributed by atoms with Crippen molar-refractivity contribution in [1.82, 2.24) is 9.78 Å². The van der Waals surface area contributed by atoms with Gasteiger partial charge in [0.25, 0.3) is 0 Å². The summed E-state index contributed by atoms with van der Waals surface area (Å²) in [5.41, 5.74) is 4.88. The maximum Gasteiger partial charge on any atom is 0.175 e. The molecule has 1 aromatic heterocycles. The van der Waals surface area contributed by atoms with Crippen molar-refractivity contribution in [2.24, 2.45) is 7.05 Å². The molecule has 0 bridgehead atoms. The molecule has 0 saturated heterocycles. The van der Waals surface area contributed by atoms with Crippen LogP contribution < -0.4 is 0 Å². The van der Waals surface area contributed by atoms with E-state index < -0.39 is 9.84 Å². The molecule has 0 amide bonds. The summed E-state index contributed by atoms with van der Waals surface area (Å²) in [6.07, 6.45) is 1.24. The van der Waals surface area contributed by atoms with Crippen molar-refractivity contribution in [3.05, 3.63) is 47.7 Å². The zero-order valence-corrected chi connectivity index (χ0v) is 13.9. The monoisotopic (exact) mass is 314 g/mol. The van der Waals surface area contributed by atoms with Crippen LogP contribution in [0.3, 0.4) is 0 Å². The number of nitrogens with zero attached hydrogens (tertiary/aromatic N) is 2. The molecule has 114 valence electrons. The lowest BCUT2D eigenvalue weighted by atomic mass is 9.99. The van der Waals surface area contributed by atoms with Crippen molar-refractivity contribution in [3.8, 4) is 11.1 Å². The van der Waals surface area contributed by atoms with Crippen molar-refractivity contribution < 1.29 is 8.42 Å². The van der Waals surface area contributed by atoms with Crippen LogP contribution in [0, 0.1) is 13.8 Å². The van der Waals surface area contributed by atoms with Gasteiger partial charge in [0.1, 0.15) is 0 Å². The minimum atomic E-state index is -3.20. The summed E-state index contributed by atoms with van der Waals surface area (Å²) < 4.78 is 25.4. The second kappa shape index (κ2) is 4.95. The number of aromatic nitrogens is 2. The fourth-order valence-electron chi connectivity index (χ4n) is 2.99. The average Bonchev–Trinajstić information content (AvgIpc) is 2.73. The molecule has 2 aromatic carbocycles. The highest BCUT2D eigenvalue weighted by Gasteiger charge is 2.14. The van der Waals surface area contributed by atoms with Crippen LogP contribution in [-0.4, -0.2) is 24.5 Å². The summed E-state index contributed by atoms with van der Waals surface area (Å²) in [7, 11) is -1.27. The van der Waals surface area contributed by atoms with Gasteiger partial charge in [0.2, 0.25) is 0 Å². The van der Waals surface area contributed by atoms with E-state index in [0.29, 0.717) is 4.90 Å². The Morgan fingerprint density at radius 1 is 1.09 bits per heavy atom. The summed E-state index contributed by atoms with van der Waals surface area (Å²) in [4.78, 5) is 0.381. The third kappa shape index (κ3) is 2.31. The standard InChI is InChI=1S/C17H18N2O2S/c1-11-10-13(8-9-16(11)22(4,20)21)14-6-5-7-15-17(14)12(2)18-19(15)3/h5-10H,1-4H3. The highest BCUT2D eigenvalue weighted by molar-refractivity contribution is 7.90. The smallest absolute Gasteiger partial charge is 0.175 e. The number of hydrogen-bond donors (Lipinski definition) is 0. The highest BCUT2D eigenvalue weighted by atomic mass is 32.2. The first-order valence-corrected chi connectivity index (χ1v) is 8.91. The summed E-state index contributed by atoms with van der Waals surface area (Å²) in [5, 5.41) is 5.58. The van der Waals surface area contributed by atoms with Crippen LogP contribution in [0.25, 0.3) is 22.0 Å². The molecule has 3 aromatic rings. The van der Waals surface area contributed by atoms with E-state index in [4.69, 9.17) is 0 Å². The molecule has 0 aliphatic carbocycles. The molecule has 5 heteroatoms. The third-order valence-electron chi connectivity index (χ3n) is 3.94. The fourth-order valence-corrected chi connectivity index (χ4v) is 3.95. The van der Waals surface area contributed by atoms with Crippen LogP contribution in [0.15, 0.2) is 41.3 Å². The molecule has 3 rings (SSSR count). The van der Waals surface area contributed by atoms with Gasteiger partial charge in [-0.3, -0.25) is 4.68 Å². The molecule has 0 saturated carbocycles. The predicted molar refractivity (Wildman–Crippen MR) is 88.7 cm³/mol. The first-order valence-electron chi connectivity index (χ1n) is 7.02. The van der Waals surface area contributed by atoms with Crippen molar-refractivity contribution in [1.29, 1.82) is 0 Å². The maximum atomic E-state index is 11.8. The van der Waals surface area contributed by atoms with Crippen LogP contribution in [0.5, 0.6) is 0 Å². The number of fused-ring (bicyclic) bond motifs is 1. The Bertz CT molecular complexity index is 985. The Morgan fingerprint density at radius 2 is 1.82 bits per heavy atom.